The number of nitrogens with two attached hydrogens (primary N) is 1. The zero-order chi connectivity index (χ0) is 13.9. The van der Waals surface area contributed by atoms with Crippen LogP contribution in [0.3, 0.4) is 0 Å². The number of hydrogen-bond acceptors (Lipinski definition) is 5. The monoisotopic (exact) mass is 271 g/mol. The number of nitrogens with zero attached hydrogens (tertiary/aromatic N) is 1. The summed E-state index contributed by atoms with van der Waals surface area (Å²) in [4.78, 5) is 4.36. The molecule has 1 aromatic carbocycles. The highest BCUT2D eigenvalue weighted by Gasteiger charge is 2.21. The van der Waals surface area contributed by atoms with E-state index in [4.69, 9.17) is 15.2 Å². The minimum absolute atomic E-state index is 0.181. The minimum Gasteiger partial charge on any atom is -0.493 e. The largest absolute Gasteiger partial charge is 0.493 e. The molecule has 0 amide bonds. The van der Waals surface area contributed by atoms with Crippen molar-refractivity contribution in [3.63, 3.8) is 0 Å². The van der Waals surface area contributed by atoms with Crippen molar-refractivity contribution in [3.05, 3.63) is 42.0 Å². The van der Waals surface area contributed by atoms with Gasteiger partial charge in [0.1, 0.15) is 11.6 Å². The minimum atomic E-state index is 0.181. The third-order valence-electron chi connectivity index (χ3n) is 3.36. The summed E-state index contributed by atoms with van der Waals surface area (Å²) in [6.45, 7) is 0.695. The lowest BCUT2D eigenvalue weighted by Crippen LogP contribution is -2.20. The first-order valence-electron chi connectivity index (χ1n) is 6.56. The average molecular weight is 271 g/mol. The number of para-hydroxylation sites is 1. The summed E-state index contributed by atoms with van der Waals surface area (Å²) in [6, 6.07) is 11.9. The van der Waals surface area contributed by atoms with E-state index in [9.17, 15) is 0 Å². The molecule has 0 saturated carbocycles. The van der Waals surface area contributed by atoms with Gasteiger partial charge in [0.25, 0.3) is 0 Å². The van der Waals surface area contributed by atoms with Crippen LogP contribution in [0, 0.1) is 0 Å². The molecule has 5 nitrogen and oxygen atoms in total. The van der Waals surface area contributed by atoms with Gasteiger partial charge in [-0.1, -0.05) is 18.2 Å². The maximum Gasteiger partial charge on any atom is 0.238 e. The van der Waals surface area contributed by atoms with Gasteiger partial charge in [-0.25, -0.2) is 0 Å². The number of ether oxygens (including phenoxy) is 2. The molecule has 3 rings (SSSR count). The van der Waals surface area contributed by atoms with Crippen LogP contribution < -0.4 is 20.5 Å². The Morgan fingerprint density at radius 3 is 3.00 bits per heavy atom. The van der Waals surface area contributed by atoms with Gasteiger partial charge in [0.2, 0.25) is 5.88 Å². The van der Waals surface area contributed by atoms with Crippen LogP contribution in [0.4, 0.5) is 11.5 Å². The number of methoxy groups -OCH3 is 1. The average Bonchev–Trinajstić information content (AvgIpc) is 2.49. The molecule has 1 atom stereocenters. The Morgan fingerprint density at radius 1 is 1.30 bits per heavy atom. The Hall–Kier alpha value is -2.43. The third kappa shape index (κ3) is 2.34. The van der Waals surface area contributed by atoms with Crippen molar-refractivity contribution in [1.29, 1.82) is 0 Å². The summed E-state index contributed by atoms with van der Waals surface area (Å²) < 4.78 is 10.8. The molecular formula is C15H17N3O2. The van der Waals surface area contributed by atoms with Gasteiger partial charge in [0.15, 0.2) is 0 Å². The van der Waals surface area contributed by atoms with Gasteiger partial charge in [-0.05, 0) is 18.2 Å². The van der Waals surface area contributed by atoms with Crippen molar-refractivity contribution in [3.8, 4) is 11.6 Å². The number of pyridine rings is 1. The highest BCUT2D eigenvalue weighted by molar-refractivity contribution is 5.54. The molecule has 20 heavy (non-hydrogen) atoms. The Bertz CT molecular complexity index is 616. The number of hydrogen-bond donors (Lipinski definition) is 2. The fraction of sp³-hybridized carbons (Fsp3) is 0.267. The molecule has 3 N–H and O–H groups in total. The van der Waals surface area contributed by atoms with E-state index in [-0.39, 0.29) is 6.04 Å². The lowest BCUT2D eigenvalue weighted by Gasteiger charge is -2.27. The van der Waals surface area contributed by atoms with E-state index in [0.29, 0.717) is 18.2 Å². The summed E-state index contributed by atoms with van der Waals surface area (Å²) in [5.41, 5.74) is 7.46. The van der Waals surface area contributed by atoms with Gasteiger partial charge >= 0.3 is 0 Å². The van der Waals surface area contributed by atoms with Gasteiger partial charge in [-0.3, -0.25) is 0 Å². The number of nitrogen functional groups attached to an aromatic ring is 1. The van der Waals surface area contributed by atoms with E-state index < -0.39 is 0 Å². The van der Waals surface area contributed by atoms with Crippen molar-refractivity contribution in [2.75, 3.05) is 24.8 Å². The molecule has 5 heteroatoms. The smallest absolute Gasteiger partial charge is 0.238 e. The molecule has 1 aliphatic heterocycles. The van der Waals surface area contributed by atoms with Crippen LogP contribution >= 0.6 is 0 Å². The Morgan fingerprint density at radius 2 is 2.15 bits per heavy atom. The molecule has 0 radical (unpaired) electrons. The number of aromatic nitrogens is 1. The predicted octanol–water partition coefficient (Wildman–Crippen LogP) is 2.61. The summed E-state index contributed by atoms with van der Waals surface area (Å²) in [5.74, 6) is 2.12. The lowest BCUT2D eigenvalue weighted by molar-refractivity contribution is 0.274. The maximum absolute atomic E-state index is 5.77. The SMILES string of the molecule is COc1nc(NC2CCOc3ccccc32)ccc1N. The van der Waals surface area contributed by atoms with E-state index in [1.165, 1.54) is 0 Å². The van der Waals surface area contributed by atoms with Crippen LogP contribution in [0.2, 0.25) is 0 Å². The number of nitrogens with one attached hydrogen (secondary N) is 1. The molecule has 104 valence electrons. The lowest BCUT2D eigenvalue weighted by atomic mass is 10.0. The summed E-state index contributed by atoms with van der Waals surface area (Å²) in [7, 11) is 1.56. The maximum atomic E-state index is 5.77. The molecule has 2 aromatic rings. The fourth-order valence-electron chi connectivity index (χ4n) is 2.37. The summed E-state index contributed by atoms with van der Waals surface area (Å²) in [5, 5.41) is 3.41. The van der Waals surface area contributed by atoms with Crippen molar-refractivity contribution >= 4 is 11.5 Å². The van der Waals surface area contributed by atoms with Gasteiger partial charge in [-0.2, -0.15) is 4.98 Å². The standard InChI is InChI=1S/C15H17N3O2/c1-19-15-11(16)6-7-14(18-15)17-12-8-9-20-13-5-3-2-4-10(12)13/h2-7,12H,8-9,16H2,1H3,(H,17,18). The number of fused-ring (bicyclic) bond motifs is 1. The van der Waals surface area contributed by atoms with Crippen LogP contribution in [-0.4, -0.2) is 18.7 Å². The van der Waals surface area contributed by atoms with Crippen LogP contribution in [0.25, 0.3) is 0 Å². The van der Waals surface area contributed by atoms with Gasteiger partial charge in [0.05, 0.1) is 25.4 Å². The fourth-order valence-corrected chi connectivity index (χ4v) is 2.37. The predicted molar refractivity (Wildman–Crippen MR) is 78.1 cm³/mol. The first-order valence-corrected chi connectivity index (χ1v) is 6.56. The highest BCUT2D eigenvalue weighted by atomic mass is 16.5. The first-order chi connectivity index (χ1) is 9.78. The van der Waals surface area contributed by atoms with Crippen molar-refractivity contribution in [2.45, 2.75) is 12.5 Å². The Kier molecular flexibility index (Phi) is 3.33. The van der Waals surface area contributed by atoms with Gasteiger partial charge < -0.3 is 20.5 Å². The molecule has 0 aliphatic carbocycles. The molecule has 0 bridgehead atoms. The first kappa shape index (κ1) is 12.6. The molecule has 0 spiro atoms. The van der Waals surface area contributed by atoms with Crippen molar-refractivity contribution in [1.82, 2.24) is 4.98 Å². The second kappa shape index (κ2) is 5.28. The molecular weight excluding hydrogens is 254 g/mol. The molecule has 0 fully saturated rings. The van der Waals surface area contributed by atoms with Gasteiger partial charge in [-0.15, -0.1) is 0 Å². The Balaban J connectivity index is 1.85. The van der Waals surface area contributed by atoms with Crippen LogP contribution in [-0.2, 0) is 0 Å². The number of rotatable bonds is 3. The third-order valence-corrected chi connectivity index (χ3v) is 3.36. The van der Waals surface area contributed by atoms with E-state index in [1.54, 1.807) is 13.2 Å². The molecule has 1 unspecified atom stereocenters. The quantitative estimate of drug-likeness (QED) is 0.898. The normalized spacial score (nSPS) is 16.9. The summed E-state index contributed by atoms with van der Waals surface area (Å²) in [6.07, 6.45) is 0.894. The van der Waals surface area contributed by atoms with Gasteiger partial charge in [0, 0.05) is 12.0 Å². The molecule has 0 saturated heterocycles. The highest BCUT2D eigenvalue weighted by Crippen LogP contribution is 2.34. The van der Waals surface area contributed by atoms with Crippen LogP contribution in [0.15, 0.2) is 36.4 Å². The van der Waals surface area contributed by atoms with Crippen LogP contribution in [0.5, 0.6) is 11.6 Å². The second-order valence-electron chi connectivity index (χ2n) is 4.67. The van der Waals surface area contributed by atoms with E-state index in [0.717, 1.165) is 23.6 Å². The zero-order valence-corrected chi connectivity index (χ0v) is 11.3. The zero-order valence-electron chi connectivity index (χ0n) is 11.3. The summed E-state index contributed by atoms with van der Waals surface area (Å²) >= 11 is 0. The van der Waals surface area contributed by atoms with E-state index >= 15 is 0 Å². The number of benzene rings is 1. The second-order valence-corrected chi connectivity index (χ2v) is 4.67. The van der Waals surface area contributed by atoms with E-state index in [1.807, 2.05) is 24.3 Å². The Labute approximate surface area is 117 Å². The van der Waals surface area contributed by atoms with Crippen molar-refractivity contribution in [2.24, 2.45) is 0 Å². The number of anilines is 2. The molecule has 1 aliphatic rings. The molecule has 1 aromatic heterocycles. The molecule has 2 heterocycles. The van der Waals surface area contributed by atoms with E-state index in [2.05, 4.69) is 16.4 Å². The van der Waals surface area contributed by atoms with Crippen LogP contribution in [0.1, 0.15) is 18.0 Å². The van der Waals surface area contributed by atoms with Crippen molar-refractivity contribution < 1.29 is 9.47 Å². The topological polar surface area (TPSA) is 69.4 Å².